The Hall–Kier alpha value is -2.02. The van der Waals surface area contributed by atoms with Crippen molar-refractivity contribution in [2.75, 3.05) is 25.5 Å². The predicted octanol–water partition coefficient (Wildman–Crippen LogP) is 2.62. The minimum absolute atomic E-state index is 0.162. The van der Waals surface area contributed by atoms with Gasteiger partial charge in [0.05, 0.1) is 11.6 Å². The fourth-order valence-corrected chi connectivity index (χ4v) is 1.69. The van der Waals surface area contributed by atoms with Crippen LogP contribution in [0.25, 0.3) is 0 Å². The molecule has 1 N–H and O–H groups in total. The van der Waals surface area contributed by atoms with Gasteiger partial charge < -0.3 is 10.2 Å². The molecule has 0 aliphatic rings. The standard InChI is InChI=1S/C15H21N3O/c1-3-4-11-18(2)15(19)9-10-17-14-7-5-13(12-16)6-8-14/h5-8,17H,3-4,9-11H2,1-2H3. The van der Waals surface area contributed by atoms with Crippen LogP contribution >= 0.6 is 0 Å². The Labute approximate surface area is 115 Å². The SMILES string of the molecule is CCCCN(C)C(=O)CCNc1ccc(C#N)cc1. The van der Waals surface area contributed by atoms with Crippen molar-refractivity contribution in [3.8, 4) is 6.07 Å². The van der Waals surface area contributed by atoms with Crippen molar-refractivity contribution >= 4 is 11.6 Å². The van der Waals surface area contributed by atoms with Gasteiger partial charge in [0.1, 0.15) is 0 Å². The van der Waals surface area contributed by atoms with Gasteiger partial charge in [-0.25, -0.2) is 0 Å². The molecule has 1 aromatic rings. The highest BCUT2D eigenvalue weighted by atomic mass is 16.2. The third-order valence-corrected chi connectivity index (χ3v) is 2.95. The van der Waals surface area contributed by atoms with Crippen LogP contribution in [0.2, 0.25) is 0 Å². The molecular weight excluding hydrogens is 238 g/mol. The van der Waals surface area contributed by atoms with Gasteiger partial charge in [0.25, 0.3) is 0 Å². The van der Waals surface area contributed by atoms with E-state index in [1.54, 1.807) is 17.0 Å². The van der Waals surface area contributed by atoms with Crippen LogP contribution in [0.5, 0.6) is 0 Å². The van der Waals surface area contributed by atoms with Crippen molar-refractivity contribution in [2.45, 2.75) is 26.2 Å². The Morgan fingerprint density at radius 3 is 2.63 bits per heavy atom. The van der Waals surface area contributed by atoms with E-state index in [2.05, 4.69) is 18.3 Å². The number of nitriles is 1. The molecule has 102 valence electrons. The van der Waals surface area contributed by atoms with Crippen LogP contribution in [0.4, 0.5) is 5.69 Å². The van der Waals surface area contributed by atoms with Crippen LogP contribution in [0, 0.1) is 11.3 Å². The van der Waals surface area contributed by atoms with Crippen molar-refractivity contribution in [2.24, 2.45) is 0 Å². The molecule has 0 heterocycles. The zero-order valence-electron chi connectivity index (χ0n) is 11.6. The quantitative estimate of drug-likeness (QED) is 0.819. The largest absolute Gasteiger partial charge is 0.385 e. The molecule has 19 heavy (non-hydrogen) atoms. The highest BCUT2D eigenvalue weighted by Gasteiger charge is 2.07. The molecule has 4 heteroatoms. The lowest BCUT2D eigenvalue weighted by Crippen LogP contribution is -2.29. The first-order chi connectivity index (χ1) is 9.17. The minimum atomic E-state index is 0.162. The van der Waals surface area contributed by atoms with Gasteiger partial charge >= 0.3 is 0 Å². The molecule has 1 aromatic carbocycles. The van der Waals surface area contributed by atoms with E-state index in [4.69, 9.17) is 5.26 Å². The molecule has 0 saturated heterocycles. The summed E-state index contributed by atoms with van der Waals surface area (Å²) in [7, 11) is 1.85. The van der Waals surface area contributed by atoms with Crippen LogP contribution in [-0.4, -0.2) is 30.9 Å². The number of unbranched alkanes of at least 4 members (excludes halogenated alkanes) is 1. The smallest absolute Gasteiger partial charge is 0.224 e. The van der Waals surface area contributed by atoms with Gasteiger partial charge in [0.15, 0.2) is 0 Å². The number of anilines is 1. The van der Waals surface area contributed by atoms with E-state index >= 15 is 0 Å². The highest BCUT2D eigenvalue weighted by Crippen LogP contribution is 2.08. The van der Waals surface area contributed by atoms with Crippen LogP contribution in [0.1, 0.15) is 31.7 Å². The summed E-state index contributed by atoms with van der Waals surface area (Å²) in [6, 6.07) is 9.30. The number of carbonyl (C=O) groups excluding carboxylic acids is 1. The van der Waals surface area contributed by atoms with Gasteiger partial charge in [-0.1, -0.05) is 13.3 Å². The normalized spacial score (nSPS) is 9.74. The van der Waals surface area contributed by atoms with E-state index in [-0.39, 0.29) is 5.91 Å². The summed E-state index contributed by atoms with van der Waals surface area (Å²) in [4.78, 5) is 13.6. The van der Waals surface area contributed by atoms with Crippen molar-refractivity contribution < 1.29 is 4.79 Å². The average molecular weight is 259 g/mol. The lowest BCUT2D eigenvalue weighted by molar-refractivity contribution is -0.129. The number of nitrogens with zero attached hydrogens (tertiary/aromatic N) is 2. The molecule has 1 amide bonds. The number of carbonyl (C=O) groups is 1. The Morgan fingerprint density at radius 1 is 1.37 bits per heavy atom. The molecule has 0 aliphatic carbocycles. The Morgan fingerprint density at radius 2 is 2.05 bits per heavy atom. The van der Waals surface area contributed by atoms with Gasteiger partial charge in [0.2, 0.25) is 5.91 Å². The predicted molar refractivity (Wildman–Crippen MR) is 76.8 cm³/mol. The lowest BCUT2D eigenvalue weighted by Gasteiger charge is -2.17. The lowest BCUT2D eigenvalue weighted by atomic mass is 10.2. The van der Waals surface area contributed by atoms with Gasteiger partial charge in [-0.05, 0) is 30.7 Å². The summed E-state index contributed by atoms with van der Waals surface area (Å²) in [5.74, 6) is 0.162. The van der Waals surface area contributed by atoms with Crippen molar-refractivity contribution in [1.82, 2.24) is 4.90 Å². The topological polar surface area (TPSA) is 56.1 Å². The Balaban J connectivity index is 2.29. The van der Waals surface area contributed by atoms with Gasteiger partial charge in [-0.3, -0.25) is 4.79 Å². The second kappa shape index (κ2) is 8.15. The summed E-state index contributed by atoms with van der Waals surface area (Å²) in [6.45, 7) is 3.55. The molecule has 0 fully saturated rings. The number of nitrogens with one attached hydrogen (secondary N) is 1. The van der Waals surface area contributed by atoms with E-state index in [1.807, 2.05) is 19.2 Å². The first kappa shape index (κ1) is 15.0. The summed E-state index contributed by atoms with van der Waals surface area (Å²) >= 11 is 0. The van der Waals surface area contributed by atoms with Gasteiger partial charge in [-0.2, -0.15) is 5.26 Å². The van der Waals surface area contributed by atoms with Crippen LogP contribution in [-0.2, 0) is 4.79 Å². The van der Waals surface area contributed by atoms with E-state index in [1.165, 1.54) is 0 Å². The number of benzene rings is 1. The molecule has 0 radical (unpaired) electrons. The summed E-state index contributed by atoms with van der Waals surface area (Å²) in [5.41, 5.74) is 1.57. The summed E-state index contributed by atoms with van der Waals surface area (Å²) in [6.07, 6.45) is 2.63. The molecule has 4 nitrogen and oxygen atoms in total. The first-order valence-corrected chi connectivity index (χ1v) is 6.65. The third-order valence-electron chi connectivity index (χ3n) is 2.95. The highest BCUT2D eigenvalue weighted by molar-refractivity contribution is 5.76. The molecule has 0 aromatic heterocycles. The fraction of sp³-hybridized carbons (Fsp3) is 0.467. The van der Waals surface area contributed by atoms with Crippen LogP contribution in [0.15, 0.2) is 24.3 Å². The van der Waals surface area contributed by atoms with Crippen LogP contribution in [0.3, 0.4) is 0 Å². The van der Waals surface area contributed by atoms with Crippen molar-refractivity contribution in [3.05, 3.63) is 29.8 Å². The molecule has 0 aliphatic heterocycles. The number of hydrogen-bond acceptors (Lipinski definition) is 3. The third kappa shape index (κ3) is 5.43. The molecule has 0 unspecified atom stereocenters. The molecule has 0 spiro atoms. The zero-order valence-corrected chi connectivity index (χ0v) is 11.6. The molecule has 0 atom stereocenters. The molecular formula is C15H21N3O. The second-order valence-electron chi connectivity index (χ2n) is 4.53. The van der Waals surface area contributed by atoms with E-state index in [0.717, 1.165) is 25.1 Å². The zero-order chi connectivity index (χ0) is 14.1. The van der Waals surface area contributed by atoms with Crippen molar-refractivity contribution in [1.29, 1.82) is 5.26 Å². The average Bonchev–Trinajstić information content (AvgIpc) is 2.45. The molecule has 0 bridgehead atoms. The van der Waals surface area contributed by atoms with Crippen molar-refractivity contribution in [3.63, 3.8) is 0 Å². The number of hydrogen-bond donors (Lipinski definition) is 1. The monoisotopic (exact) mass is 259 g/mol. The number of rotatable bonds is 7. The van der Waals surface area contributed by atoms with Crippen LogP contribution < -0.4 is 5.32 Å². The van der Waals surface area contributed by atoms with E-state index in [0.29, 0.717) is 18.5 Å². The Bertz CT molecular complexity index is 434. The fourth-order valence-electron chi connectivity index (χ4n) is 1.69. The summed E-state index contributed by atoms with van der Waals surface area (Å²) < 4.78 is 0. The Kier molecular flexibility index (Phi) is 6.45. The maximum Gasteiger partial charge on any atom is 0.224 e. The maximum absolute atomic E-state index is 11.8. The second-order valence-corrected chi connectivity index (χ2v) is 4.53. The first-order valence-electron chi connectivity index (χ1n) is 6.65. The maximum atomic E-state index is 11.8. The van der Waals surface area contributed by atoms with Gasteiger partial charge in [-0.15, -0.1) is 0 Å². The minimum Gasteiger partial charge on any atom is -0.385 e. The van der Waals surface area contributed by atoms with E-state index < -0.39 is 0 Å². The number of amides is 1. The van der Waals surface area contributed by atoms with Gasteiger partial charge in [0, 0.05) is 32.2 Å². The molecule has 1 rings (SSSR count). The molecule has 0 saturated carbocycles. The summed E-state index contributed by atoms with van der Waals surface area (Å²) in [5, 5.41) is 11.9. The van der Waals surface area contributed by atoms with E-state index in [9.17, 15) is 4.79 Å².